The lowest BCUT2D eigenvalue weighted by atomic mass is 10.0. The molecule has 4 aromatic rings. The molecule has 0 spiro atoms. The zero-order chi connectivity index (χ0) is 22.6. The first-order chi connectivity index (χ1) is 16.2. The van der Waals surface area contributed by atoms with E-state index < -0.39 is 0 Å². The molecule has 1 fully saturated rings. The van der Waals surface area contributed by atoms with Gasteiger partial charge >= 0.3 is 0 Å². The van der Waals surface area contributed by atoms with Crippen LogP contribution in [0.5, 0.6) is 0 Å². The van der Waals surface area contributed by atoms with Crippen molar-refractivity contribution >= 4 is 5.69 Å². The average Bonchev–Trinajstić information content (AvgIpc) is 3.30. The van der Waals surface area contributed by atoms with Gasteiger partial charge in [0.15, 0.2) is 0 Å². The van der Waals surface area contributed by atoms with Gasteiger partial charge in [0.1, 0.15) is 11.5 Å². The quantitative estimate of drug-likeness (QED) is 0.490. The van der Waals surface area contributed by atoms with Crippen LogP contribution in [0.3, 0.4) is 0 Å². The molecule has 4 heterocycles. The molecule has 0 radical (unpaired) electrons. The fourth-order valence-corrected chi connectivity index (χ4v) is 4.37. The number of pyridine rings is 1. The highest BCUT2D eigenvalue weighted by Crippen LogP contribution is 2.29. The molecule has 1 aliphatic heterocycles. The maximum absolute atomic E-state index is 6.15. The van der Waals surface area contributed by atoms with Gasteiger partial charge in [-0.25, -0.2) is 9.97 Å². The average molecular weight is 440 g/mol. The van der Waals surface area contributed by atoms with E-state index in [4.69, 9.17) is 15.8 Å². The highest BCUT2D eigenvalue weighted by molar-refractivity contribution is 5.78. The summed E-state index contributed by atoms with van der Waals surface area (Å²) >= 11 is 0. The summed E-state index contributed by atoms with van der Waals surface area (Å²) in [5.41, 5.74) is 12.3. The first kappa shape index (κ1) is 21.3. The molecule has 3 aromatic heterocycles. The summed E-state index contributed by atoms with van der Waals surface area (Å²) in [4.78, 5) is 16.0. The Morgan fingerprint density at radius 1 is 1.09 bits per heavy atom. The number of aromatic nitrogens is 5. The second-order valence-corrected chi connectivity index (χ2v) is 8.54. The first-order valence-electron chi connectivity index (χ1n) is 11.6. The second kappa shape index (κ2) is 9.50. The Hall–Kier alpha value is -3.58. The standard InChI is InChI=1S/C26H29N7/c1-2-33-18-23(26(31-33)20-5-3-12-28-16-20)24-11-13-29-25(30-24)15-19-7-9-22(10-8-19)32-14-4-6-21(27)17-32/h3,5,7-13,16,18,21H,2,4,6,14-15,17,27H2,1H3/t21-/m0/s1. The number of piperidine rings is 1. The van der Waals surface area contributed by atoms with Gasteiger partial charge in [-0.3, -0.25) is 9.67 Å². The van der Waals surface area contributed by atoms with Crippen LogP contribution in [-0.2, 0) is 13.0 Å². The molecule has 0 amide bonds. The Morgan fingerprint density at radius 3 is 2.73 bits per heavy atom. The van der Waals surface area contributed by atoms with E-state index in [1.807, 2.05) is 41.5 Å². The molecule has 7 nitrogen and oxygen atoms in total. The fraction of sp³-hybridized carbons (Fsp3) is 0.308. The lowest BCUT2D eigenvalue weighted by Crippen LogP contribution is -2.42. The summed E-state index contributed by atoms with van der Waals surface area (Å²) in [7, 11) is 0. The van der Waals surface area contributed by atoms with Crippen LogP contribution in [0.15, 0.2) is 67.3 Å². The summed E-state index contributed by atoms with van der Waals surface area (Å²) < 4.78 is 1.94. The number of benzene rings is 1. The third-order valence-corrected chi connectivity index (χ3v) is 6.12. The van der Waals surface area contributed by atoms with Crippen molar-refractivity contribution in [3.05, 3.63) is 78.6 Å². The predicted octanol–water partition coefficient (Wildman–Crippen LogP) is 3.94. The van der Waals surface area contributed by atoms with Gasteiger partial charge in [0.05, 0.1) is 5.69 Å². The van der Waals surface area contributed by atoms with Crippen molar-refractivity contribution in [2.75, 3.05) is 18.0 Å². The van der Waals surface area contributed by atoms with E-state index in [0.717, 1.165) is 60.8 Å². The summed E-state index contributed by atoms with van der Waals surface area (Å²) in [5.74, 6) is 0.793. The zero-order valence-corrected chi connectivity index (χ0v) is 18.9. The van der Waals surface area contributed by atoms with E-state index in [2.05, 4.69) is 46.1 Å². The number of nitrogens with zero attached hydrogens (tertiary/aromatic N) is 6. The van der Waals surface area contributed by atoms with Gasteiger partial charge in [-0.1, -0.05) is 12.1 Å². The predicted molar refractivity (Wildman–Crippen MR) is 131 cm³/mol. The maximum Gasteiger partial charge on any atom is 0.133 e. The number of nitrogens with two attached hydrogens (primary N) is 1. The topological polar surface area (TPSA) is 85.8 Å². The lowest BCUT2D eigenvalue weighted by Gasteiger charge is -2.32. The molecule has 7 heteroatoms. The van der Waals surface area contributed by atoms with Crippen LogP contribution < -0.4 is 10.6 Å². The summed E-state index contributed by atoms with van der Waals surface area (Å²) in [6, 6.07) is 14.9. The fourth-order valence-electron chi connectivity index (χ4n) is 4.37. The van der Waals surface area contributed by atoms with Crippen LogP contribution in [0.25, 0.3) is 22.5 Å². The lowest BCUT2D eigenvalue weighted by molar-refractivity contribution is 0.506. The van der Waals surface area contributed by atoms with Crippen molar-refractivity contribution in [3.8, 4) is 22.5 Å². The maximum atomic E-state index is 6.15. The third kappa shape index (κ3) is 4.78. The number of hydrogen-bond donors (Lipinski definition) is 1. The second-order valence-electron chi connectivity index (χ2n) is 8.54. The molecule has 5 rings (SSSR count). The minimum Gasteiger partial charge on any atom is -0.370 e. The normalized spacial score (nSPS) is 16.2. The molecule has 0 unspecified atom stereocenters. The smallest absolute Gasteiger partial charge is 0.133 e. The van der Waals surface area contributed by atoms with Crippen LogP contribution in [-0.4, -0.2) is 43.9 Å². The molecular formula is C26H29N7. The van der Waals surface area contributed by atoms with Crippen LogP contribution in [0, 0.1) is 0 Å². The third-order valence-electron chi connectivity index (χ3n) is 6.12. The van der Waals surface area contributed by atoms with Crippen molar-refractivity contribution in [1.82, 2.24) is 24.7 Å². The summed E-state index contributed by atoms with van der Waals surface area (Å²) in [6.45, 7) is 4.87. The molecule has 1 saturated heterocycles. The largest absolute Gasteiger partial charge is 0.370 e. The Labute approximate surface area is 194 Å². The molecule has 1 atom stereocenters. The van der Waals surface area contributed by atoms with E-state index in [0.29, 0.717) is 6.42 Å². The Kier molecular flexibility index (Phi) is 6.13. The molecule has 0 saturated carbocycles. The Bertz CT molecular complexity index is 1200. The molecule has 0 bridgehead atoms. The Morgan fingerprint density at radius 2 is 1.97 bits per heavy atom. The van der Waals surface area contributed by atoms with Crippen molar-refractivity contribution in [1.29, 1.82) is 0 Å². The van der Waals surface area contributed by atoms with Crippen molar-refractivity contribution in [2.24, 2.45) is 5.73 Å². The number of hydrogen-bond acceptors (Lipinski definition) is 6. The minimum atomic E-state index is 0.267. The van der Waals surface area contributed by atoms with E-state index in [9.17, 15) is 0 Å². The van der Waals surface area contributed by atoms with Gasteiger partial charge in [-0.05, 0) is 55.7 Å². The molecule has 1 aliphatic rings. The molecular weight excluding hydrogens is 410 g/mol. The van der Waals surface area contributed by atoms with Gasteiger partial charge in [-0.15, -0.1) is 0 Å². The van der Waals surface area contributed by atoms with Crippen LogP contribution in [0.2, 0.25) is 0 Å². The SMILES string of the molecule is CCn1cc(-c2ccnc(Cc3ccc(N4CCC[C@H](N)C4)cc3)n2)c(-c2cccnc2)n1. The van der Waals surface area contributed by atoms with E-state index in [-0.39, 0.29) is 6.04 Å². The minimum absolute atomic E-state index is 0.267. The molecule has 2 N–H and O–H groups in total. The zero-order valence-electron chi connectivity index (χ0n) is 18.9. The summed E-state index contributed by atoms with van der Waals surface area (Å²) in [6.07, 6.45) is 10.4. The summed E-state index contributed by atoms with van der Waals surface area (Å²) in [5, 5.41) is 4.75. The van der Waals surface area contributed by atoms with Crippen molar-refractivity contribution < 1.29 is 0 Å². The number of rotatable bonds is 6. The van der Waals surface area contributed by atoms with Gasteiger partial charge in [0, 0.05) is 73.7 Å². The highest BCUT2D eigenvalue weighted by atomic mass is 15.3. The molecule has 33 heavy (non-hydrogen) atoms. The Balaban J connectivity index is 1.38. The van der Waals surface area contributed by atoms with Gasteiger partial charge in [0.2, 0.25) is 0 Å². The van der Waals surface area contributed by atoms with E-state index >= 15 is 0 Å². The van der Waals surface area contributed by atoms with Crippen LogP contribution in [0.4, 0.5) is 5.69 Å². The van der Waals surface area contributed by atoms with Gasteiger partial charge in [0.25, 0.3) is 0 Å². The van der Waals surface area contributed by atoms with E-state index in [1.54, 1.807) is 6.20 Å². The monoisotopic (exact) mass is 439 g/mol. The molecule has 0 aliphatic carbocycles. The van der Waals surface area contributed by atoms with Crippen LogP contribution >= 0.6 is 0 Å². The first-order valence-corrected chi connectivity index (χ1v) is 11.6. The van der Waals surface area contributed by atoms with E-state index in [1.165, 1.54) is 11.3 Å². The van der Waals surface area contributed by atoms with Gasteiger partial charge < -0.3 is 10.6 Å². The van der Waals surface area contributed by atoms with Crippen molar-refractivity contribution in [2.45, 2.75) is 38.8 Å². The number of anilines is 1. The van der Waals surface area contributed by atoms with Crippen LogP contribution in [0.1, 0.15) is 31.2 Å². The van der Waals surface area contributed by atoms with Crippen molar-refractivity contribution in [3.63, 3.8) is 0 Å². The molecule has 1 aromatic carbocycles. The number of aryl methyl sites for hydroxylation is 1. The van der Waals surface area contributed by atoms with Gasteiger partial charge in [-0.2, -0.15) is 5.10 Å². The highest BCUT2D eigenvalue weighted by Gasteiger charge is 2.17. The molecule has 168 valence electrons.